The second kappa shape index (κ2) is 6.51. The Balaban J connectivity index is 2.30. The van der Waals surface area contributed by atoms with E-state index >= 15 is 0 Å². The zero-order valence-corrected chi connectivity index (χ0v) is 9.95. The first-order valence-electron chi connectivity index (χ1n) is 5.74. The minimum absolute atomic E-state index is 0.570. The lowest BCUT2D eigenvalue weighted by Crippen LogP contribution is -2.27. The van der Waals surface area contributed by atoms with Gasteiger partial charge in [-0.15, -0.1) is 0 Å². The van der Waals surface area contributed by atoms with Crippen molar-refractivity contribution in [2.45, 2.75) is 46.1 Å². The normalized spacial score (nSPS) is 12.7. The fourth-order valence-electron chi connectivity index (χ4n) is 1.50. The Morgan fingerprint density at radius 3 is 2.93 bits per heavy atom. The predicted molar refractivity (Wildman–Crippen MR) is 62.8 cm³/mol. The summed E-state index contributed by atoms with van der Waals surface area (Å²) in [6, 6.07) is 2.57. The third kappa shape index (κ3) is 4.88. The Morgan fingerprint density at radius 2 is 2.27 bits per heavy atom. The van der Waals surface area contributed by atoms with Crippen LogP contribution in [0.1, 0.15) is 38.2 Å². The molecule has 84 valence electrons. The molecule has 1 atom stereocenters. The molecule has 1 rings (SSSR count). The number of nitrogens with zero attached hydrogens (tertiary/aromatic N) is 2. The van der Waals surface area contributed by atoms with Crippen LogP contribution < -0.4 is 5.32 Å². The predicted octanol–water partition coefficient (Wildman–Crippen LogP) is 2.11. The minimum atomic E-state index is 0.570. The Labute approximate surface area is 92.3 Å². The van der Waals surface area contributed by atoms with Crippen molar-refractivity contribution in [1.82, 2.24) is 15.3 Å². The highest BCUT2D eigenvalue weighted by Gasteiger charge is 2.02. The van der Waals surface area contributed by atoms with Crippen LogP contribution in [0.15, 0.2) is 12.3 Å². The fourth-order valence-corrected chi connectivity index (χ4v) is 1.50. The van der Waals surface area contributed by atoms with Gasteiger partial charge >= 0.3 is 0 Å². The van der Waals surface area contributed by atoms with Gasteiger partial charge in [0.25, 0.3) is 0 Å². The molecule has 0 saturated carbocycles. The average molecular weight is 207 g/mol. The molecule has 0 aliphatic heterocycles. The largest absolute Gasteiger partial charge is 0.314 e. The summed E-state index contributed by atoms with van der Waals surface area (Å²) in [5, 5.41) is 3.47. The minimum Gasteiger partial charge on any atom is -0.314 e. The highest BCUT2D eigenvalue weighted by molar-refractivity contribution is 5.01. The molecule has 0 amide bonds. The van der Waals surface area contributed by atoms with Gasteiger partial charge in [-0.2, -0.15) is 0 Å². The summed E-state index contributed by atoms with van der Waals surface area (Å²) in [6.07, 6.45) is 5.19. The number of hydrogen-bond donors (Lipinski definition) is 1. The van der Waals surface area contributed by atoms with Crippen molar-refractivity contribution in [1.29, 1.82) is 0 Å². The monoisotopic (exact) mass is 207 g/mol. The van der Waals surface area contributed by atoms with Crippen molar-refractivity contribution in [3.05, 3.63) is 23.8 Å². The van der Waals surface area contributed by atoms with Crippen LogP contribution in [0.3, 0.4) is 0 Å². The molecule has 0 aliphatic carbocycles. The van der Waals surface area contributed by atoms with Crippen LogP contribution >= 0.6 is 0 Å². The lowest BCUT2D eigenvalue weighted by Gasteiger charge is -2.12. The van der Waals surface area contributed by atoms with E-state index in [1.54, 1.807) is 0 Å². The summed E-state index contributed by atoms with van der Waals surface area (Å²) in [4.78, 5) is 8.48. The van der Waals surface area contributed by atoms with E-state index in [1.807, 2.05) is 19.2 Å². The maximum Gasteiger partial charge on any atom is 0.125 e. The van der Waals surface area contributed by atoms with Crippen molar-refractivity contribution < 1.29 is 0 Å². The number of aryl methyl sites for hydroxylation is 2. The Bertz CT molecular complexity index is 286. The summed E-state index contributed by atoms with van der Waals surface area (Å²) in [6.45, 7) is 7.45. The molecule has 0 bridgehead atoms. The molecule has 1 heterocycles. The van der Waals surface area contributed by atoms with Gasteiger partial charge in [-0.1, -0.05) is 6.92 Å². The molecule has 1 unspecified atom stereocenters. The number of hydrogen-bond acceptors (Lipinski definition) is 3. The molecular formula is C12H21N3. The first-order chi connectivity index (χ1) is 7.22. The smallest absolute Gasteiger partial charge is 0.125 e. The van der Waals surface area contributed by atoms with E-state index in [9.17, 15) is 0 Å². The number of aromatic nitrogens is 2. The van der Waals surface area contributed by atoms with E-state index in [2.05, 4.69) is 29.1 Å². The SMILES string of the molecule is CCCNC(C)CCc1ccnc(C)n1. The number of rotatable bonds is 6. The Morgan fingerprint density at radius 1 is 1.47 bits per heavy atom. The second-order valence-corrected chi connectivity index (χ2v) is 3.99. The van der Waals surface area contributed by atoms with Crippen molar-refractivity contribution in [3.63, 3.8) is 0 Å². The molecule has 3 heteroatoms. The van der Waals surface area contributed by atoms with Crippen LogP contribution in [0.5, 0.6) is 0 Å². The summed E-state index contributed by atoms with van der Waals surface area (Å²) in [5.74, 6) is 0.863. The molecule has 0 fully saturated rings. The second-order valence-electron chi connectivity index (χ2n) is 3.99. The lowest BCUT2D eigenvalue weighted by atomic mass is 10.1. The topological polar surface area (TPSA) is 37.8 Å². The highest BCUT2D eigenvalue weighted by atomic mass is 14.9. The van der Waals surface area contributed by atoms with Crippen LogP contribution in [-0.2, 0) is 6.42 Å². The van der Waals surface area contributed by atoms with Crippen LogP contribution in [0.2, 0.25) is 0 Å². The van der Waals surface area contributed by atoms with Gasteiger partial charge in [-0.25, -0.2) is 9.97 Å². The van der Waals surface area contributed by atoms with Gasteiger partial charge in [0.1, 0.15) is 5.82 Å². The van der Waals surface area contributed by atoms with Gasteiger partial charge < -0.3 is 5.32 Å². The van der Waals surface area contributed by atoms with Gasteiger partial charge in [0.2, 0.25) is 0 Å². The third-order valence-electron chi connectivity index (χ3n) is 2.41. The maximum atomic E-state index is 4.39. The first kappa shape index (κ1) is 12.1. The average Bonchev–Trinajstić information content (AvgIpc) is 2.23. The zero-order valence-electron chi connectivity index (χ0n) is 9.95. The van der Waals surface area contributed by atoms with E-state index in [0.717, 1.165) is 30.9 Å². The van der Waals surface area contributed by atoms with E-state index in [1.165, 1.54) is 6.42 Å². The first-order valence-corrected chi connectivity index (χ1v) is 5.74. The molecule has 0 spiro atoms. The van der Waals surface area contributed by atoms with E-state index in [-0.39, 0.29) is 0 Å². The van der Waals surface area contributed by atoms with Crippen molar-refractivity contribution in [2.24, 2.45) is 0 Å². The van der Waals surface area contributed by atoms with Crippen LogP contribution in [0.4, 0.5) is 0 Å². The quantitative estimate of drug-likeness (QED) is 0.776. The molecule has 0 radical (unpaired) electrons. The lowest BCUT2D eigenvalue weighted by molar-refractivity contribution is 0.511. The Hall–Kier alpha value is -0.960. The van der Waals surface area contributed by atoms with Crippen molar-refractivity contribution in [3.8, 4) is 0 Å². The van der Waals surface area contributed by atoms with Crippen molar-refractivity contribution >= 4 is 0 Å². The summed E-state index contributed by atoms with van der Waals surface area (Å²) >= 11 is 0. The molecule has 0 saturated heterocycles. The Kier molecular flexibility index (Phi) is 5.26. The van der Waals surface area contributed by atoms with Gasteiger partial charge in [0.05, 0.1) is 0 Å². The summed E-state index contributed by atoms with van der Waals surface area (Å²) in [7, 11) is 0. The van der Waals surface area contributed by atoms with E-state index in [0.29, 0.717) is 6.04 Å². The summed E-state index contributed by atoms with van der Waals surface area (Å²) < 4.78 is 0. The van der Waals surface area contributed by atoms with E-state index in [4.69, 9.17) is 0 Å². The molecular weight excluding hydrogens is 186 g/mol. The maximum absolute atomic E-state index is 4.39. The third-order valence-corrected chi connectivity index (χ3v) is 2.41. The molecule has 1 aromatic heterocycles. The van der Waals surface area contributed by atoms with E-state index < -0.39 is 0 Å². The standard InChI is InChI=1S/C12H21N3/c1-4-8-13-10(2)5-6-12-7-9-14-11(3)15-12/h7,9-10,13H,4-6,8H2,1-3H3. The van der Waals surface area contributed by atoms with Crippen molar-refractivity contribution in [2.75, 3.05) is 6.54 Å². The van der Waals surface area contributed by atoms with Gasteiger partial charge in [0, 0.05) is 17.9 Å². The van der Waals surface area contributed by atoms with Crippen LogP contribution in [-0.4, -0.2) is 22.6 Å². The van der Waals surface area contributed by atoms with Gasteiger partial charge in [-0.3, -0.25) is 0 Å². The van der Waals surface area contributed by atoms with Gasteiger partial charge in [0.15, 0.2) is 0 Å². The molecule has 1 aromatic rings. The molecule has 0 aliphatic rings. The van der Waals surface area contributed by atoms with Crippen LogP contribution in [0, 0.1) is 6.92 Å². The van der Waals surface area contributed by atoms with Gasteiger partial charge in [-0.05, 0) is 45.7 Å². The number of nitrogens with one attached hydrogen (secondary N) is 1. The summed E-state index contributed by atoms with van der Waals surface area (Å²) in [5.41, 5.74) is 1.15. The fraction of sp³-hybridized carbons (Fsp3) is 0.667. The molecule has 0 aromatic carbocycles. The molecule has 1 N–H and O–H groups in total. The molecule has 3 nitrogen and oxygen atoms in total. The molecule has 15 heavy (non-hydrogen) atoms. The zero-order chi connectivity index (χ0) is 11.1. The highest BCUT2D eigenvalue weighted by Crippen LogP contribution is 2.02. The van der Waals surface area contributed by atoms with Crippen LogP contribution in [0.25, 0.3) is 0 Å².